The van der Waals surface area contributed by atoms with Crippen molar-refractivity contribution < 1.29 is 37.9 Å². The maximum atomic E-state index is 11.9. The van der Waals surface area contributed by atoms with Gasteiger partial charge in [0.05, 0.1) is 19.8 Å². The van der Waals surface area contributed by atoms with Crippen molar-refractivity contribution in [3.8, 4) is 0 Å². The zero-order valence-electron chi connectivity index (χ0n) is 23.4. The third kappa shape index (κ3) is 28.3. The molecule has 0 aliphatic carbocycles. The molecule has 0 radical (unpaired) electrons. The largest absolute Gasteiger partial charge is 0.481 e. The number of phosphoric acid groups is 1. The Morgan fingerprint density at radius 1 is 0.730 bits per heavy atom. The second kappa shape index (κ2) is 27.0. The number of carboxylic acids is 1. The second-order valence-electron chi connectivity index (χ2n) is 9.75. The van der Waals surface area contributed by atoms with Crippen LogP contribution >= 0.6 is 7.82 Å². The molecule has 222 valence electrons. The van der Waals surface area contributed by atoms with Crippen molar-refractivity contribution in [1.29, 1.82) is 0 Å². The van der Waals surface area contributed by atoms with Crippen LogP contribution in [0.5, 0.6) is 0 Å². The molecule has 2 atom stereocenters. The maximum absolute atomic E-state index is 11.9. The molecule has 37 heavy (non-hydrogen) atoms. The fourth-order valence-electron chi connectivity index (χ4n) is 3.95. The third-order valence-electron chi connectivity index (χ3n) is 6.13. The molecule has 0 saturated carbocycles. The number of unbranched alkanes of at least 4 members (excludes halogenated alkanes) is 15. The number of hydrogen-bond acceptors (Lipinski definition) is 7. The van der Waals surface area contributed by atoms with E-state index in [0.29, 0.717) is 26.1 Å². The summed E-state index contributed by atoms with van der Waals surface area (Å²) in [7, 11) is -4.18. The van der Waals surface area contributed by atoms with E-state index in [1.165, 1.54) is 77.0 Å². The summed E-state index contributed by atoms with van der Waals surface area (Å²) in [5, 5.41) is 8.70. The lowest BCUT2D eigenvalue weighted by molar-refractivity contribution is -0.137. The summed E-state index contributed by atoms with van der Waals surface area (Å²) >= 11 is 0. The lowest BCUT2D eigenvalue weighted by atomic mass is 10.0. The van der Waals surface area contributed by atoms with Crippen molar-refractivity contribution in [3.63, 3.8) is 0 Å². The van der Waals surface area contributed by atoms with Crippen LogP contribution in [0.2, 0.25) is 0 Å². The molecule has 0 bridgehead atoms. The lowest BCUT2D eigenvalue weighted by Crippen LogP contribution is -2.26. The molecule has 0 aliphatic rings. The molecule has 0 amide bonds. The summed E-state index contributed by atoms with van der Waals surface area (Å²) in [6.07, 6.45) is 19.9. The average Bonchev–Trinajstić information content (AvgIpc) is 2.87. The molecule has 0 aromatic heterocycles. The highest BCUT2D eigenvalue weighted by Gasteiger charge is 2.23. The third-order valence-corrected chi connectivity index (χ3v) is 7.11. The standard InChI is InChI=1S/C27H56NO8P/c1-2-3-4-5-6-7-8-9-10-11-12-13-14-17-21-33-24-26(25-36-37(31,32)35-23-20-28)34-22-18-15-16-19-27(29)30/h26H,2-25,28H2,1H3,(H,29,30)(H,31,32)/t26-/m1/s1. The van der Waals surface area contributed by atoms with Crippen molar-refractivity contribution in [2.24, 2.45) is 5.73 Å². The van der Waals surface area contributed by atoms with Crippen LogP contribution in [-0.4, -0.2) is 61.7 Å². The Morgan fingerprint density at radius 3 is 1.78 bits per heavy atom. The van der Waals surface area contributed by atoms with E-state index in [4.69, 9.17) is 29.4 Å². The SMILES string of the molecule is CCCCCCCCCCCCCCCCOC[C@H](COP(=O)(O)OCCN)OCCCCCC(=O)O. The van der Waals surface area contributed by atoms with Gasteiger partial charge in [-0.2, -0.15) is 0 Å². The molecule has 0 aromatic rings. The number of carbonyl (C=O) groups is 1. The van der Waals surface area contributed by atoms with E-state index in [9.17, 15) is 14.3 Å². The van der Waals surface area contributed by atoms with Crippen LogP contribution in [0.15, 0.2) is 0 Å². The predicted octanol–water partition coefficient (Wildman–Crippen LogP) is 6.61. The summed E-state index contributed by atoms with van der Waals surface area (Å²) in [4.78, 5) is 20.3. The van der Waals surface area contributed by atoms with Crippen molar-refractivity contribution in [1.82, 2.24) is 0 Å². The van der Waals surface area contributed by atoms with Crippen LogP contribution in [0.4, 0.5) is 0 Å². The number of aliphatic carboxylic acids is 1. The first-order chi connectivity index (χ1) is 17.9. The molecule has 0 aromatic carbocycles. The zero-order valence-corrected chi connectivity index (χ0v) is 24.3. The van der Waals surface area contributed by atoms with E-state index in [2.05, 4.69) is 6.92 Å². The summed E-state index contributed by atoms with van der Waals surface area (Å²) < 4.78 is 33.2. The number of carboxylic acid groups (broad SMARTS) is 1. The van der Waals surface area contributed by atoms with Gasteiger partial charge in [0.15, 0.2) is 0 Å². The van der Waals surface area contributed by atoms with Gasteiger partial charge < -0.3 is 25.2 Å². The van der Waals surface area contributed by atoms with Gasteiger partial charge in [0.1, 0.15) is 6.10 Å². The van der Waals surface area contributed by atoms with Crippen LogP contribution < -0.4 is 5.73 Å². The van der Waals surface area contributed by atoms with Gasteiger partial charge in [-0.1, -0.05) is 96.8 Å². The molecule has 0 saturated heterocycles. The van der Waals surface area contributed by atoms with Gasteiger partial charge in [0.25, 0.3) is 0 Å². The molecular weight excluding hydrogens is 497 g/mol. The van der Waals surface area contributed by atoms with E-state index in [0.717, 1.165) is 19.3 Å². The number of hydrogen-bond donors (Lipinski definition) is 3. The Balaban J connectivity index is 3.88. The van der Waals surface area contributed by atoms with Gasteiger partial charge in [0, 0.05) is 26.2 Å². The Kier molecular flexibility index (Phi) is 26.6. The number of nitrogens with two attached hydrogens (primary N) is 1. The first-order valence-corrected chi connectivity index (χ1v) is 16.1. The van der Waals surface area contributed by atoms with E-state index < -0.39 is 19.9 Å². The summed E-state index contributed by atoms with van der Waals surface area (Å²) in [6, 6.07) is 0. The minimum Gasteiger partial charge on any atom is -0.481 e. The second-order valence-corrected chi connectivity index (χ2v) is 11.2. The summed E-state index contributed by atoms with van der Waals surface area (Å²) in [5.74, 6) is -0.805. The fourth-order valence-corrected chi connectivity index (χ4v) is 4.71. The van der Waals surface area contributed by atoms with E-state index in [-0.39, 0.29) is 32.8 Å². The highest BCUT2D eigenvalue weighted by atomic mass is 31.2. The number of ether oxygens (including phenoxy) is 2. The topological polar surface area (TPSA) is 138 Å². The Hall–Kier alpha value is -0.540. The molecular formula is C27H56NO8P. The lowest BCUT2D eigenvalue weighted by Gasteiger charge is -2.20. The first kappa shape index (κ1) is 36.5. The highest BCUT2D eigenvalue weighted by Crippen LogP contribution is 2.43. The van der Waals surface area contributed by atoms with Crippen LogP contribution in [0.3, 0.4) is 0 Å². The first-order valence-electron chi connectivity index (χ1n) is 14.6. The summed E-state index contributed by atoms with van der Waals surface area (Å²) in [6.45, 7) is 3.43. The Morgan fingerprint density at radius 2 is 1.24 bits per heavy atom. The normalized spacial score (nSPS) is 14.0. The minimum atomic E-state index is -4.18. The Bertz CT molecular complexity index is 552. The molecule has 10 heteroatoms. The molecule has 0 rings (SSSR count). The van der Waals surface area contributed by atoms with Crippen molar-refractivity contribution in [2.75, 3.05) is 39.6 Å². The monoisotopic (exact) mass is 553 g/mol. The van der Waals surface area contributed by atoms with Crippen LogP contribution in [0.1, 0.15) is 122 Å². The predicted molar refractivity (Wildman–Crippen MR) is 148 cm³/mol. The van der Waals surface area contributed by atoms with Gasteiger partial charge in [-0.25, -0.2) is 4.57 Å². The highest BCUT2D eigenvalue weighted by molar-refractivity contribution is 7.47. The van der Waals surface area contributed by atoms with Gasteiger partial charge in [0.2, 0.25) is 0 Å². The van der Waals surface area contributed by atoms with Crippen molar-refractivity contribution in [3.05, 3.63) is 0 Å². The minimum absolute atomic E-state index is 0.0709. The molecule has 0 aliphatic heterocycles. The van der Waals surface area contributed by atoms with E-state index in [1.807, 2.05) is 0 Å². The maximum Gasteiger partial charge on any atom is 0.472 e. The zero-order chi connectivity index (χ0) is 27.5. The van der Waals surface area contributed by atoms with E-state index >= 15 is 0 Å². The smallest absolute Gasteiger partial charge is 0.472 e. The molecule has 4 N–H and O–H groups in total. The fraction of sp³-hybridized carbons (Fsp3) is 0.963. The van der Waals surface area contributed by atoms with E-state index in [1.54, 1.807) is 0 Å². The van der Waals surface area contributed by atoms with Crippen molar-refractivity contribution in [2.45, 2.75) is 129 Å². The van der Waals surface area contributed by atoms with Gasteiger partial charge >= 0.3 is 13.8 Å². The molecule has 0 spiro atoms. The van der Waals surface area contributed by atoms with Gasteiger partial charge in [-0.15, -0.1) is 0 Å². The average molecular weight is 554 g/mol. The quantitative estimate of drug-likeness (QED) is 0.0663. The van der Waals surface area contributed by atoms with Gasteiger partial charge in [-0.05, 0) is 19.3 Å². The van der Waals surface area contributed by atoms with Crippen LogP contribution in [0.25, 0.3) is 0 Å². The summed E-state index contributed by atoms with van der Waals surface area (Å²) in [5.41, 5.74) is 5.30. The number of rotatable bonds is 30. The Labute approximate surface area is 225 Å². The van der Waals surface area contributed by atoms with Crippen molar-refractivity contribution >= 4 is 13.8 Å². The molecule has 9 nitrogen and oxygen atoms in total. The van der Waals surface area contributed by atoms with Gasteiger partial charge in [-0.3, -0.25) is 13.8 Å². The molecule has 1 unspecified atom stereocenters. The van der Waals surface area contributed by atoms with Crippen LogP contribution in [0, 0.1) is 0 Å². The molecule has 0 heterocycles. The molecule has 0 fully saturated rings. The number of phosphoric ester groups is 1. The van der Waals surface area contributed by atoms with Crippen LogP contribution in [-0.2, 0) is 27.9 Å².